The van der Waals surface area contributed by atoms with Gasteiger partial charge in [0.25, 0.3) is 0 Å². The number of hydrogen-bond donors (Lipinski definition) is 0. The Labute approximate surface area is 197 Å². The summed E-state index contributed by atoms with van der Waals surface area (Å²) in [4.78, 5) is 0. The summed E-state index contributed by atoms with van der Waals surface area (Å²) in [7, 11) is 0. The van der Waals surface area contributed by atoms with E-state index >= 15 is 0 Å². The average molecular weight is 652 g/mol. The van der Waals surface area contributed by atoms with Crippen molar-refractivity contribution in [2.45, 2.75) is 0 Å². The van der Waals surface area contributed by atoms with Crippen LogP contribution in [-0.2, 0) is 0 Å². The second-order valence-corrected chi connectivity index (χ2v) is 56.1. The summed E-state index contributed by atoms with van der Waals surface area (Å²) in [5.74, 6) is 0. The van der Waals surface area contributed by atoms with Gasteiger partial charge in [0.1, 0.15) is 0 Å². The van der Waals surface area contributed by atoms with Crippen LogP contribution in [0.4, 0.5) is 0 Å². The quantitative estimate of drug-likeness (QED) is 0.254. The Morgan fingerprint density at radius 1 is 0.310 bits per heavy atom. The van der Waals surface area contributed by atoms with Crippen molar-refractivity contribution in [2.24, 2.45) is 0 Å². The maximum absolute atomic E-state index is 2.37. The van der Waals surface area contributed by atoms with Crippen LogP contribution >= 0.6 is 0 Å². The SMILES string of the molecule is c1ccc([Se][Si]([Se]c2ccccc2)([Se]c2ccccc2)[Se]c2ccccc2)cc1. The summed E-state index contributed by atoms with van der Waals surface area (Å²) in [6.45, 7) is 0. The Kier molecular flexibility index (Phi) is 8.11. The van der Waals surface area contributed by atoms with E-state index in [1.165, 1.54) is 0 Å². The molecule has 4 aromatic rings. The molecular formula is C24H20Se4Si. The first-order chi connectivity index (χ1) is 14.3. The van der Waals surface area contributed by atoms with Gasteiger partial charge in [0.05, 0.1) is 0 Å². The van der Waals surface area contributed by atoms with Gasteiger partial charge >= 0.3 is 199 Å². The summed E-state index contributed by atoms with van der Waals surface area (Å²) in [5, 5.41) is 0. The van der Waals surface area contributed by atoms with Crippen molar-refractivity contribution in [3.05, 3.63) is 121 Å². The topological polar surface area (TPSA) is 0 Å². The molecule has 0 radical (unpaired) electrons. The van der Waals surface area contributed by atoms with Crippen LogP contribution in [-0.4, -0.2) is 59.8 Å². The number of benzene rings is 4. The molecule has 5 heteroatoms. The molecule has 0 bridgehead atoms. The molecule has 0 aromatic heterocycles. The molecule has 0 heterocycles. The Bertz CT molecular complexity index is 824. The van der Waals surface area contributed by atoms with E-state index in [1.807, 2.05) is 0 Å². The zero-order valence-corrected chi connectivity index (χ0v) is 23.5. The first kappa shape index (κ1) is 21.4. The normalized spacial score (nSPS) is 11.3. The molecule has 0 spiro atoms. The van der Waals surface area contributed by atoms with Crippen LogP contribution in [0.25, 0.3) is 0 Å². The van der Waals surface area contributed by atoms with Crippen LogP contribution in [0.2, 0.25) is 0 Å². The molecule has 0 saturated heterocycles. The van der Waals surface area contributed by atoms with E-state index in [1.54, 1.807) is 17.8 Å². The second kappa shape index (κ2) is 11.0. The zero-order valence-electron chi connectivity index (χ0n) is 15.7. The van der Waals surface area contributed by atoms with Gasteiger partial charge in [0.15, 0.2) is 0 Å². The fraction of sp³-hybridized carbons (Fsp3) is 0. The fourth-order valence-corrected chi connectivity index (χ4v) is 64.1. The third kappa shape index (κ3) is 6.58. The standard InChI is InChI=1S/C24H20Se4Si/c1-5-13-21(14-6-1)25-29(26-22-15-7-2-8-16-22,27-23-17-9-3-10-18-23)28-24-19-11-4-12-20-24/h1-20H. The van der Waals surface area contributed by atoms with Crippen molar-refractivity contribution in [2.75, 3.05) is 0 Å². The Balaban J connectivity index is 1.75. The van der Waals surface area contributed by atoms with Gasteiger partial charge in [-0.1, -0.05) is 0 Å². The first-order valence-electron chi connectivity index (χ1n) is 9.28. The van der Waals surface area contributed by atoms with E-state index in [2.05, 4.69) is 121 Å². The predicted molar refractivity (Wildman–Crippen MR) is 133 cm³/mol. The van der Waals surface area contributed by atoms with Crippen molar-refractivity contribution in [1.29, 1.82) is 0 Å². The van der Waals surface area contributed by atoms with Crippen LogP contribution in [0.15, 0.2) is 121 Å². The van der Waals surface area contributed by atoms with Crippen molar-refractivity contribution >= 4 is 77.6 Å². The molecule has 0 nitrogen and oxygen atoms in total. The van der Waals surface area contributed by atoms with Crippen molar-refractivity contribution in [3.8, 4) is 0 Å². The van der Waals surface area contributed by atoms with Gasteiger partial charge in [-0.25, -0.2) is 0 Å². The van der Waals surface area contributed by atoms with Gasteiger partial charge in [0.2, 0.25) is 0 Å². The maximum atomic E-state index is 2.37. The Morgan fingerprint density at radius 3 is 0.724 bits per heavy atom. The third-order valence-electron chi connectivity index (χ3n) is 3.94. The molecule has 0 unspecified atom stereocenters. The van der Waals surface area contributed by atoms with Gasteiger partial charge in [-0.3, -0.25) is 0 Å². The molecule has 0 saturated carbocycles. The molecule has 0 N–H and O–H groups in total. The monoisotopic (exact) mass is 656 g/mol. The minimum atomic E-state index is -1.51. The van der Waals surface area contributed by atoms with Crippen LogP contribution in [0.1, 0.15) is 0 Å². The molecule has 0 aliphatic rings. The molecule has 0 aliphatic heterocycles. The molecule has 0 fully saturated rings. The van der Waals surface area contributed by atoms with E-state index in [0.717, 1.165) is 0 Å². The van der Waals surface area contributed by atoms with Crippen LogP contribution in [0.5, 0.6) is 0 Å². The molecule has 0 amide bonds. The average Bonchev–Trinajstić information content (AvgIpc) is 2.76. The van der Waals surface area contributed by atoms with Gasteiger partial charge in [0, 0.05) is 0 Å². The first-order valence-corrected chi connectivity index (χ1v) is 24.6. The van der Waals surface area contributed by atoms with Crippen LogP contribution in [0.3, 0.4) is 0 Å². The summed E-state index contributed by atoms with van der Waals surface area (Å²) in [6.07, 6.45) is 0. The number of hydrogen-bond acceptors (Lipinski definition) is 0. The van der Waals surface area contributed by atoms with Gasteiger partial charge in [-0.05, 0) is 0 Å². The fourth-order valence-electron chi connectivity index (χ4n) is 2.66. The molecular weight excluding hydrogens is 632 g/mol. The van der Waals surface area contributed by atoms with Gasteiger partial charge < -0.3 is 0 Å². The molecule has 29 heavy (non-hydrogen) atoms. The third-order valence-corrected chi connectivity index (χ3v) is 53.1. The summed E-state index contributed by atoms with van der Waals surface area (Å²) in [5.41, 5.74) is 0. The molecule has 144 valence electrons. The van der Waals surface area contributed by atoms with Gasteiger partial charge in [-0.2, -0.15) is 0 Å². The second-order valence-electron chi connectivity index (χ2n) is 6.16. The summed E-state index contributed by atoms with van der Waals surface area (Å²) in [6, 6.07) is 45.3. The minimum absolute atomic E-state index is 0.565. The predicted octanol–water partition coefficient (Wildman–Crippen LogP) is 1.54. The zero-order chi connectivity index (χ0) is 19.8. The van der Waals surface area contributed by atoms with Crippen molar-refractivity contribution in [1.82, 2.24) is 0 Å². The van der Waals surface area contributed by atoms with E-state index in [-0.39, 0.29) is 0 Å². The Hall–Kier alpha value is -0.825. The summed E-state index contributed by atoms with van der Waals surface area (Å²) >= 11 is 2.26. The van der Waals surface area contributed by atoms with E-state index < -0.39 is 2.50 Å². The molecule has 0 atom stereocenters. The van der Waals surface area contributed by atoms with Gasteiger partial charge in [-0.15, -0.1) is 0 Å². The molecule has 4 aromatic carbocycles. The van der Waals surface area contributed by atoms with Crippen LogP contribution < -0.4 is 17.8 Å². The number of rotatable bonds is 8. The van der Waals surface area contributed by atoms with E-state index in [9.17, 15) is 0 Å². The molecule has 4 rings (SSSR count). The summed E-state index contributed by atoms with van der Waals surface area (Å²) < 4.78 is 4.82. The molecule has 0 aliphatic carbocycles. The van der Waals surface area contributed by atoms with Crippen molar-refractivity contribution in [3.63, 3.8) is 0 Å². The van der Waals surface area contributed by atoms with Crippen molar-refractivity contribution < 1.29 is 0 Å². The van der Waals surface area contributed by atoms with Crippen LogP contribution in [0, 0.1) is 0 Å². The van der Waals surface area contributed by atoms with E-state index in [4.69, 9.17) is 0 Å². The Morgan fingerprint density at radius 2 is 0.517 bits per heavy atom. The van der Waals surface area contributed by atoms with E-state index in [0.29, 0.717) is 57.3 Å².